The van der Waals surface area contributed by atoms with Crippen molar-refractivity contribution in [1.29, 1.82) is 0 Å². The topological polar surface area (TPSA) is 0 Å². The highest BCUT2D eigenvalue weighted by molar-refractivity contribution is 4.89. The zero-order chi connectivity index (χ0) is 7.40. The zero-order valence-corrected chi connectivity index (χ0v) is 7.14. The van der Waals surface area contributed by atoms with E-state index in [1.165, 1.54) is 25.7 Å². The molecule has 0 spiro atoms. The minimum Gasteiger partial charge on any atom is -0.0885 e. The van der Waals surface area contributed by atoms with Crippen molar-refractivity contribution in [2.45, 2.75) is 39.5 Å². The smallest absolute Gasteiger partial charge is 0.0322 e. The van der Waals surface area contributed by atoms with Crippen LogP contribution in [0.2, 0.25) is 0 Å². The van der Waals surface area contributed by atoms with Gasteiger partial charge in [0.05, 0.1) is 0 Å². The summed E-state index contributed by atoms with van der Waals surface area (Å²) in [5.74, 6) is 1.90. The van der Waals surface area contributed by atoms with Gasteiger partial charge in [0.1, 0.15) is 0 Å². The van der Waals surface area contributed by atoms with Crippen LogP contribution in [0.15, 0.2) is 12.2 Å². The highest BCUT2D eigenvalue weighted by Crippen LogP contribution is 2.26. The van der Waals surface area contributed by atoms with Crippen LogP contribution < -0.4 is 0 Å². The maximum Gasteiger partial charge on any atom is -0.0322 e. The van der Waals surface area contributed by atoms with E-state index in [1.54, 1.807) is 0 Å². The molecule has 0 bridgehead atoms. The first-order valence-corrected chi connectivity index (χ1v) is 4.49. The van der Waals surface area contributed by atoms with Crippen molar-refractivity contribution in [2.75, 3.05) is 0 Å². The third kappa shape index (κ3) is 1.86. The third-order valence-corrected chi connectivity index (χ3v) is 2.71. The molecule has 58 valence electrons. The highest BCUT2D eigenvalue weighted by Gasteiger charge is 2.14. The third-order valence-electron chi connectivity index (χ3n) is 2.71. The first-order valence-electron chi connectivity index (χ1n) is 4.49. The van der Waals surface area contributed by atoms with Gasteiger partial charge in [-0.1, -0.05) is 32.4 Å². The Kier molecular flexibility index (Phi) is 2.98. The predicted molar refractivity (Wildman–Crippen MR) is 45.9 cm³/mol. The molecule has 2 unspecified atom stereocenters. The van der Waals surface area contributed by atoms with Gasteiger partial charge >= 0.3 is 0 Å². The minimum atomic E-state index is 0.920. The van der Waals surface area contributed by atoms with Gasteiger partial charge in [0.2, 0.25) is 0 Å². The van der Waals surface area contributed by atoms with E-state index in [-0.39, 0.29) is 0 Å². The molecule has 0 aliphatic heterocycles. The van der Waals surface area contributed by atoms with E-state index in [4.69, 9.17) is 0 Å². The van der Waals surface area contributed by atoms with Crippen molar-refractivity contribution in [1.82, 2.24) is 0 Å². The molecule has 1 aliphatic rings. The zero-order valence-electron chi connectivity index (χ0n) is 7.14. The molecule has 0 nitrogen and oxygen atoms in total. The van der Waals surface area contributed by atoms with Crippen LogP contribution in [0.1, 0.15) is 39.5 Å². The van der Waals surface area contributed by atoms with Crippen LogP contribution >= 0.6 is 0 Å². The summed E-state index contributed by atoms with van der Waals surface area (Å²) in [5.41, 5.74) is 0. The lowest BCUT2D eigenvalue weighted by Gasteiger charge is -2.18. The second-order valence-corrected chi connectivity index (χ2v) is 3.43. The van der Waals surface area contributed by atoms with Crippen LogP contribution in [0.5, 0.6) is 0 Å². The number of hydrogen-bond acceptors (Lipinski definition) is 0. The summed E-state index contributed by atoms with van der Waals surface area (Å²) in [6.07, 6.45) is 10.1. The molecular formula is C10H18. The average Bonchev–Trinajstić information content (AvgIpc) is 2.13. The van der Waals surface area contributed by atoms with Gasteiger partial charge in [0.25, 0.3) is 0 Å². The molecule has 0 saturated carbocycles. The van der Waals surface area contributed by atoms with E-state index in [0.29, 0.717) is 0 Å². The standard InChI is InChI=1S/C10H18/c1-3-10-8-6-4-5-7-9(10)2/h4-5,9-10H,3,6-8H2,1-2H3. The normalized spacial score (nSPS) is 33.8. The second-order valence-electron chi connectivity index (χ2n) is 3.43. The first-order chi connectivity index (χ1) is 4.84. The average molecular weight is 138 g/mol. The van der Waals surface area contributed by atoms with E-state index in [2.05, 4.69) is 26.0 Å². The van der Waals surface area contributed by atoms with Gasteiger partial charge in [-0.25, -0.2) is 0 Å². The lowest BCUT2D eigenvalue weighted by Crippen LogP contribution is -2.08. The second kappa shape index (κ2) is 3.80. The molecule has 0 amide bonds. The fourth-order valence-corrected chi connectivity index (χ4v) is 1.82. The summed E-state index contributed by atoms with van der Waals surface area (Å²) in [6.45, 7) is 4.69. The minimum absolute atomic E-state index is 0.920. The maximum atomic E-state index is 2.38. The molecule has 1 rings (SSSR count). The number of rotatable bonds is 1. The molecule has 0 heteroatoms. The summed E-state index contributed by atoms with van der Waals surface area (Å²) in [4.78, 5) is 0. The van der Waals surface area contributed by atoms with Crippen LogP contribution in [0.3, 0.4) is 0 Å². The Morgan fingerprint density at radius 3 is 2.90 bits per heavy atom. The Labute approximate surface area is 64.3 Å². The SMILES string of the molecule is CCC1CCC=CCC1C. The molecule has 0 aromatic rings. The monoisotopic (exact) mass is 138 g/mol. The van der Waals surface area contributed by atoms with Gasteiger partial charge in [-0.05, 0) is 31.1 Å². The summed E-state index contributed by atoms with van der Waals surface area (Å²) >= 11 is 0. The summed E-state index contributed by atoms with van der Waals surface area (Å²) < 4.78 is 0. The van der Waals surface area contributed by atoms with Crippen LogP contribution in [0, 0.1) is 11.8 Å². The molecule has 10 heavy (non-hydrogen) atoms. The van der Waals surface area contributed by atoms with Crippen molar-refractivity contribution in [3.8, 4) is 0 Å². The fraction of sp³-hybridized carbons (Fsp3) is 0.800. The van der Waals surface area contributed by atoms with Gasteiger partial charge < -0.3 is 0 Å². The summed E-state index contributed by atoms with van der Waals surface area (Å²) in [6, 6.07) is 0. The van der Waals surface area contributed by atoms with Crippen molar-refractivity contribution in [3.05, 3.63) is 12.2 Å². The lowest BCUT2D eigenvalue weighted by molar-refractivity contribution is 0.337. The Morgan fingerprint density at radius 2 is 2.20 bits per heavy atom. The van der Waals surface area contributed by atoms with E-state index in [9.17, 15) is 0 Å². The Balaban J connectivity index is 2.43. The molecule has 0 saturated heterocycles. The molecule has 0 aromatic carbocycles. The Bertz CT molecular complexity index is 113. The van der Waals surface area contributed by atoms with Crippen LogP contribution in [-0.2, 0) is 0 Å². The van der Waals surface area contributed by atoms with Crippen molar-refractivity contribution < 1.29 is 0 Å². The molecule has 0 fully saturated rings. The Morgan fingerprint density at radius 1 is 1.40 bits per heavy atom. The van der Waals surface area contributed by atoms with Gasteiger partial charge in [-0.3, -0.25) is 0 Å². The largest absolute Gasteiger partial charge is 0.0885 e. The molecule has 0 aromatic heterocycles. The van der Waals surface area contributed by atoms with E-state index in [0.717, 1.165) is 11.8 Å². The first kappa shape index (κ1) is 7.84. The quantitative estimate of drug-likeness (QED) is 0.487. The van der Waals surface area contributed by atoms with Gasteiger partial charge in [-0.2, -0.15) is 0 Å². The molecule has 0 radical (unpaired) electrons. The van der Waals surface area contributed by atoms with E-state index < -0.39 is 0 Å². The van der Waals surface area contributed by atoms with Crippen molar-refractivity contribution in [3.63, 3.8) is 0 Å². The van der Waals surface area contributed by atoms with Crippen LogP contribution in [0.4, 0.5) is 0 Å². The van der Waals surface area contributed by atoms with Gasteiger partial charge in [-0.15, -0.1) is 0 Å². The number of allylic oxidation sites excluding steroid dienone is 2. The van der Waals surface area contributed by atoms with E-state index >= 15 is 0 Å². The highest BCUT2D eigenvalue weighted by atomic mass is 14.2. The maximum absolute atomic E-state index is 2.38. The van der Waals surface area contributed by atoms with Gasteiger partial charge in [0, 0.05) is 0 Å². The molecule has 0 heterocycles. The van der Waals surface area contributed by atoms with Crippen LogP contribution in [0.25, 0.3) is 0 Å². The lowest BCUT2D eigenvalue weighted by atomic mass is 9.87. The molecule has 2 atom stereocenters. The molecular weight excluding hydrogens is 120 g/mol. The van der Waals surface area contributed by atoms with Gasteiger partial charge in [0.15, 0.2) is 0 Å². The van der Waals surface area contributed by atoms with Crippen molar-refractivity contribution in [2.24, 2.45) is 11.8 Å². The number of hydrogen-bond donors (Lipinski definition) is 0. The van der Waals surface area contributed by atoms with E-state index in [1.807, 2.05) is 0 Å². The Hall–Kier alpha value is -0.260. The predicted octanol–water partition coefficient (Wildman–Crippen LogP) is 3.39. The van der Waals surface area contributed by atoms with Crippen molar-refractivity contribution >= 4 is 0 Å². The summed E-state index contributed by atoms with van der Waals surface area (Å²) in [5, 5.41) is 0. The van der Waals surface area contributed by atoms with Crippen LogP contribution in [-0.4, -0.2) is 0 Å². The fourth-order valence-electron chi connectivity index (χ4n) is 1.82. The molecule has 0 N–H and O–H groups in total. The summed E-state index contributed by atoms with van der Waals surface area (Å²) in [7, 11) is 0. The molecule has 1 aliphatic carbocycles.